The van der Waals surface area contributed by atoms with Gasteiger partial charge in [0.2, 0.25) is 17.7 Å². The SMILES string of the molecule is O=CCC[C@H](NC(=O)CCC(=O)NCCCOCCOCCOCCCNC(=O)CCCCCCCCCCCCCCCCC(=O)O)C(=O)O. The Balaban J connectivity index is 3.36. The van der Waals surface area contributed by atoms with Crippen LogP contribution < -0.4 is 16.0 Å². The zero-order valence-electron chi connectivity index (χ0n) is 30.9. The van der Waals surface area contributed by atoms with E-state index in [0.29, 0.717) is 78.3 Å². The minimum Gasteiger partial charge on any atom is -0.481 e. The molecule has 1 atom stereocenters. The minimum atomic E-state index is -1.22. The predicted octanol–water partition coefficient (Wildman–Crippen LogP) is 4.70. The third-order valence-corrected chi connectivity index (χ3v) is 8.15. The monoisotopic (exact) mass is 729 g/mol. The fourth-order valence-electron chi connectivity index (χ4n) is 5.19. The van der Waals surface area contributed by atoms with Crippen LogP contribution in [0.4, 0.5) is 0 Å². The highest BCUT2D eigenvalue weighted by molar-refractivity contribution is 5.87. The summed E-state index contributed by atoms with van der Waals surface area (Å²) in [5.41, 5.74) is 0. The third kappa shape index (κ3) is 36.5. The van der Waals surface area contributed by atoms with Gasteiger partial charge >= 0.3 is 11.9 Å². The summed E-state index contributed by atoms with van der Waals surface area (Å²) in [5, 5.41) is 25.6. The van der Waals surface area contributed by atoms with Gasteiger partial charge in [0.05, 0.1) is 26.4 Å². The summed E-state index contributed by atoms with van der Waals surface area (Å²) in [7, 11) is 0. The molecule has 0 aliphatic rings. The average molecular weight is 730 g/mol. The second-order valence-electron chi connectivity index (χ2n) is 12.8. The molecule has 0 radical (unpaired) electrons. The van der Waals surface area contributed by atoms with Crippen molar-refractivity contribution in [3.63, 3.8) is 0 Å². The molecule has 0 bridgehead atoms. The maximum absolute atomic E-state index is 12.0. The molecule has 0 saturated carbocycles. The molecule has 0 aliphatic carbocycles. The Bertz CT molecular complexity index is 920. The van der Waals surface area contributed by atoms with E-state index in [4.69, 9.17) is 24.4 Å². The average Bonchev–Trinajstić information content (AvgIpc) is 3.10. The van der Waals surface area contributed by atoms with Crippen molar-refractivity contribution in [1.82, 2.24) is 16.0 Å². The number of carboxylic acid groups (broad SMARTS) is 2. The number of hydrogen-bond acceptors (Lipinski definition) is 9. The van der Waals surface area contributed by atoms with Crippen molar-refractivity contribution in [3.8, 4) is 0 Å². The van der Waals surface area contributed by atoms with E-state index in [0.717, 1.165) is 38.5 Å². The van der Waals surface area contributed by atoms with Gasteiger partial charge < -0.3 is 45.2 Å². The molecule has 0 fully saturated rings. The second kappa shape index (κ2) is 36.7. The lowest BCUT2D eigenvalue weighted by atomic mass is 10.0. The van der Waals surface area contributed by atoms with Gasteiger partial charge in [-0.2, -0.15) is 0 Å². The van der Waals surface area contributed by atoms with E-state index < -0.39 is 23.9 Å². The largest absolute Gasteiger partial charge is 0.481 e. The number of unbranched alkanes of at least 4 members (excludes halogenated alkanes) is 13. The smallest absolute Gasteiger partial charge is 0.326 e. The lowest BCUT2D eigenvalue weighted by Gasteiger charge is -2.13. The zero-order valence-corrected chi connectivity index (χ0v) is 30.9. The van der Waals surface area contributed by atoms with Gasteiger partial charge in [0.15, 0.2) is 0 Å². The number of ether oxygens (including phenoxy) is 3. The van der Waals surface area contributed by atoms with Crippen LogP contribution >= 0.6 is 0 Å². The molecular weight excluding hydrogens is 662 g/mol. The molecule has 0 rings (SSSR count). The standard InChI is InChI=1S/C37H67N3O11/c41-25-15-18-32(37(47)48)40-35(44)22-21-34(43)39-24-17-27-50-29-31-51-30-28-49-26-16-23-38-33(42)19-13-11-9-7-5-3-1-2-4-6-8-10-12-14-20-36(45)46/h25,32H,1-24,26-31H2,(H,38,42)(H,39,43)(H,40,44)(H,45,46)(H,47,48)/t32-/m0/s1. The molecule has 0 spiro atoms. The van der Waals surface area contributed by atoms with Crippen LogP contribution in [0.1, 0.15) is 141 Å². The Morgan fingerprint density at radius 1 is 0.490 bits per heavy atom. The van der Waals surface area contributed by atoms with E-state index >= 15 is 0 Å². The van der Waals surface area contributed by atoms with Crippen molar-refractivity contribution in [2.75, 3.05) is 52.7 Å². The van der Waals surface area contributed by atoms with Crippen molar-refractivity contribution in [3.05, 3.63) is 0 Å². The van der Waals surface area contributed by atoms with Crippen LogP contribution in [0.2, 0.25) is 0 Å². The van der Waals surface area contributed by atoms with Crippen molar-refractivity contribution in [1.29, 1.82) is 0 Å². The van der Waals surface area contributed by atoms with E-state index in [-0.39, 0.29) is 37.5 Å². The van der Waals surface area contributed by atoms with E-state index in [1.807, 2.05) is 0 Å². The van der Waals surface area contributed by atoms with E-state index in [1.165, 1.54) is 57.8 Å². The van der Waals surface area contributed by atoms with Crippen LogP contribution in [0.5, 0.6) is 0 Å². The summed E-state index contributed by atoms with van der Waals surface area (Å²) < 4.78 is 16.5. The number of nitrogens with one attached hydrogen (secondary N) is 3. The first-order chi connectivity index (χ1) is 24.8. The van der Waals surface area contributed by atoms with Crippen LogP contribution in [0.15, 0.2) is 0 Å². The summed E-state index contributed by atoms with van der Waals surface area (Å²) in [4.78, 5) is 67.7. The number of carbonyl (C=O) groups is 6. The van der Waals surface area contributed by atoms with Crippen LogP contribution in [0.3, 0.4) is 0 Å². The van der Waals surface area contributed by atoms with Crippen LogP contribution in [-0.4, -0.2) is 105 Å². The van der Waals surface area contributed by atoms with Crippen molar-refractivity contribution >= 4 is 35.9 Å². The second-order valence-corrected chi connectivity index (χ2v) is 12.8. The molecule has 0 aromatic rings. The fourth-order valence-corrected chi connectivity index (χ4v) is 5.19. The maximum Gasteiger partial charge on any atom is 0.326 e. The topological polar surface area (TPSA) is 207 Å². The van der Waals surface area contributed by atoms with Gasteiger partial charge in [-0.05, 0) is 32.1 Å². The molecule has 0 unspecified atom stereocenters. The molecular formula is C37H67N3O11. The zero-order chi connectivity index (χ0) is 37.6. The van der Waals surface area contributed by atoms with Gasteiger partial charge in [-0.25, -0.2) is 4.79 Å². The quantitative estimate of drug-likeness (QED) is 0.0433. The molecule has 296 valence electrons. The Morgan fingerprint density at radius 2 is 0.882 bits per heavy atom. The fraction of sp³-hybridized carbons (Fsp3) is 0.838. The normalized spacial score (nSPS) is 11.5. The summed E-state index contributed by atoms with van der Waals surface area (Å²) in [6.07, 6.45) is 18.9. The third-order valence-electron chi connectivity index (χ3n) is 8.15. The summed E-state index contributed by atoms with van der Waals surface area (Å²) in [6.45, 7) is 3.72. The van der Waals surface area contributed by atoms with E-state index in [9.17, 15) is 28.8 Å². The molecule has 14 heteroatoms. The van der Waals surface area contributed by atoms with Crippen molar-refractivity contribution in [2.24, 2.45) is 0 Å². The van der Waals surface area contributed by atoms with E-state index in [2.05, 4.69) is 16.0 Å². The lowest BCUT2D eigenvalue weighted by Crippen LogP contribution is -2.41. The predicted molar refractivity (Wildman–Crippen MR) is 193 cm³/mol. The summed E-state index contributed by atoms with van der Waals surface area (Å²) in [5.74, 6) is -2.69. The van der Waals surface area contributed by atoms with Crippen molar-refractivity contribution < 1.29 is 53.2 Å². The molecule has 0 aromatic carbocycles. The highest BCUT2D eigenvalue weighted by Gasteiger charge is 2.19. The number of carboxylic acids is 2. The van der Waals surface area contributed by atoms with Crippen LogP contribution in [-0.2, 0) is 43.0 Å². The van der Waals surface area contributed by atoms with Crippen molar-refractivity contribution in [2.45, 2.75) is 147 Å². The number of hydrogen-bond donors (Lipinski definition) is 5. The lowest BCUT2D eigenvalue weighted by molar-refractivity contribution is -0.142. The molecule has 0 aliphatic heterocycles. The molecule has 5 N–H and O–H groups in total. The Kier molecular flexibility index (Phi) is 34.5. The molecule has 51 heavy (non-hydrogen) atoms. The van der Waals surface area contributed by atoms with Gasteiger partial charge in [0, 0.05) is 58.4 Å². The molecule has 0 aromatic heterocycles. The number of carbonyl (C=O) groups excluding carboxylic acids is 4. The van der Waals surface area contributed by atoms with Gasteiger partial charge in [-0.15, -0.1) is 0 Å². The van der Waals surface area contributed by atoms with E-state index in [1.54, 1.807) is 0 Å². The van der Waals surface area contributed by atoms with Gasteiger partial charge in [0.25, 0.3) is 0 Å². The van der Waals surface area contributed by atoms with Gasteiger partial charge in [-0.1, -0.05) is 77.0 Å². The molecule has 14 nitrogen and oxygen atoms in total. The first-order valence-electron chi connectivity index (χ1n) is 19.2. The number of aldehydes is 1. The minimum absolute atomic E-state index is 0.00542. The Morgan fingerprint density at radius 3 is 1.31 bits per heavy atom. The Labute approximate surface area is 304 Å². The molecule has 0 saturated heterocycles. The van der Waals surface area contributed by atoms with Crippen LogP contribution in [0.25, 0.3) is 0 Å². The summed E-state index contributed by atoms with van der Waals surface area (Å²) >= 11 is 0. The first-order valence-corrected chi connectivity index (χ1v) is 19.2. The van der Waals surface area contributed by atoms with Gasteiger partial charge in [-0.3, -0.25) is 19.2 Å². The van der Waals surface area contributed by atoms with Gasteiger partial charge in [0.1, 0.15) is 12.3 Å². The molecule has 0 heterocycles. The number of aliphatic carboxylic acids is 2. The Hall–Kier alpha value is -3.10. The number of rotatable bonds is 39. The summed E-state index contributed by atoms with van der Waals surface area (Å²) in [6, 6.07) is -1.15. The molecule has 3 amide bonds. The highest BCUT2D eigenvalue weighted by Crippen LogP contribution is 2.14. The van der Waals surface area contributed by atoms with Crippen LogP contribution in [0, 0.1) is 0 Å². The number of amides is 3. The maximum atomic E-state index is 12.0. The highest BCUT2D eigenvalue weighted by atomic mass is 16.5. The first kappa shape index (κ1) is 47.9.